The second kappa shape index (κ2) is 4.26. The summed E-state index contributed by atoms with van der Waals surface area (Å²) in [4.78, 5) is 0. The molecule has 0 aliphatic heterocycles. The molecule has 0 aliphatic rings. The third-order valence-electron chi connectivity index (χ3n) is 2.87. The number of nitrogen functional groups attached to an aromatic ring is 1. The van der Waals surface area contributed by atoms with Gasteiger partial charge in [-0.1, -0.05) is 6.07 Å². The minimum absolute atomic E-state index is 0.301. The van der Waals surface area contributed by atoms with Gasteiger partial charge in [-0.05, 0) is 36.4 Å². The monoisotopic (exact) mass is 276 g/mol. The molecule has 3 aromatic rings. The second-order valence-corrected chi connectivity index (χ2v) is 4.35. The van der Waals surface area contributed by atoms with Gasteiger partial charge in [-0.25, -0.2) is 4.68 Å². The number of rotatable bonds is 1. The molecule has 101 valence electrons. The molecule has 3 rings (SSSR count). The van der Waals surface area contributed by atoms with Crippen LogP contribution >= 0.6 is 0 Å². The van der Waals surface area contributed by atoms with E-state index >= 15 is 0 Å². The molecule has 1 radical (unpaired) electrons. The molecule has 2 N–H and O–H groups in total. The van der Waals surface area contributed by atoms with Crippen molar-refractivity contribution in [2.45, 2.75) is 6.18 Å². The lowest BCUT2D eigenvalue weighted by atomic mass is 10.2. The van der Waals surface area contributed by atoms with Gasteiger partial charge in [0.15, 0.2) is 0 Å². The highest BCUT2D eigenvalue weighted by Crippen LogP contribution is 2.30. The highest BCUT2D eigenvalue weighted by atomic mass is 19.4. The molecule has 0 unspecified atom stereocenters. The van der Waals surface area contributed by atoms with Crippen molar-refractivity contribution >= 4 is 16.6 Å². The average molecular weight is 276 g/mol. The van der Waals surface area contributed by atoms with Gasteiger partial charge in [0.2, 0.25) is 0 Å². The summed E-state index contributed by atoms with van der Waals surface area (Å²) >= 11 is 0. The number of aromatic nitrogens is 2. The summed E-state index contributed by atoms with van der Waals surface area (Å²) in [6, 6.07) is 9.99. The molecular formula is C14H9F3N3. The molecule has 0 atom stereocenters. The van der Waals surface area contributed by atoms with Crippen LogP contribution in [0.3, 0.4) is 0 Å². The van der Waals surface area contributed by atoms with Crippen molar-refractivity contribution < 1.29 is 13.2 Å². The van der Waals surface area contributed by atoms with Crippen molar-refractivity contribution in [1.29, 1.82) is 0 Å². The zero-order chi connectivity index (χ0) is 14.3. The van der Waals surface area contributed by atoms with Gasteiger partial charge in [0.05, 0.1) is 16.8 Å². The van der Waals surface area contributed by atoms with E-state index in [4.69, 9.17) is 5.73 Å². The van der Waals surface area contributed by atoms with Crippen molar-refractivity contribution in [3.05, 3.63) is 54.2 Å². The van der Waals surface area contributed by atoms with E-state index < -0.39 is 11.7 Å². The summed E-state index contributed by atoms with van der Waals surface area (Å²) in [7, 11) is 0. The number of fused-ring (bicyclic) bond motifs is 1. The molecule has 0 bridgehead atoms. The number of alkyl halides is 3. The Hall–Kier alpha value is -2.50. The van der Waals surface area contributed by atoms with E-state index in [1.54, 1.807) is 24.3 Å². The predicted molar refractivity (Wildman–Crippen MR) is 69.3 cm³/mol. The molecular weight excluding hydrogens is 267 g/mol. The Morgan fingerprint density at radius 3 is 2.65 bits per heavy atom. The van der Waals surface area contributed by atoms with Crippen molar-refractivity contribution in [1.82, 2.24) is 9.78 Å². The fraction of sp³-hybridized carbons (Fsp3) is 0.0714. The van der Waals surface area contributed by atoms with E-state index in [2.05, 4.69) is 11.3 Å². The fourth-order valence-electron chi connectivity index (χ4n) is 1.91. The molecule has 20 heavy (non-hydrogen) atoms. The smallest absolute Gasteiger partial charge is 0.399 e. The first-order valence-electron chi connectivity index (χ1n) is 5.79. The van der Waals surface area contributed by atoms with Crippen molar-refractivity contribution in [2.75, 3.05) is 5.73 Å². The van der Waals surface area contributed by atoms with Gasteiger partial charge in [0, 0.05) is 11.1 Å². The fourth-order valence-corrected chi connectivity index (χ4v) is 1.91. The average Bonchev–Trinajstić information content (AvgIpc) is 2.81. The van der Waals surface area contributed by atoms with Gasteiger partial charge < -0.3 is 5.73 Å². The number of benzene rings is 2. The Kier molecular flexibility index (Phi) is 2.67. The first kappa shape index (κ1) is 12.5. The molecule has 1 aromatic heterocycles. The maximum absolute atomic E-state index is 12.7. The lowest BCUT2D eigenvalue weighted by molar-refractivity contribution is -0.137. The summed E-state index contributed by atoms with van der Waals surface area (Å²) < 4.78 is 39.3. The minimum Gasteiger partial charge on any atom is -0.399 e. The molecule has 0 spiro atoms. The SMILES string of the molecule is Nc1ccc2nn(-c3cccc(C(F)(F)F)c3)[c]c2c1. The lowest BCUT2D eigenvalue weighted by Gasteiger charge is -2.08. The molecule has 6 heteroatoms. The maximum atomic E-state index is 12.7. The first-order chi connectivity index (χ1) is 9.43. The number of halogens is 3. The quantitative estimate of drug-likeness (QED) is 0.692. The Labute approximate surface area is 112 Å². The molecule has 3 nitrogen and oxygen atoms in total. The molecule has 0 saturated carbocycles. The van der Waals surface area contributed by atoms with Gasteiger partial charge >= 0.3 is 6.18 Å². The van der Waals surface area contributed by atoms with Crippen LogP contribution in [0.4, 0.5) is 18.9 Å². The van der Waals surface area contributed by atoms with Gasteiger partial charge in [-0.15, -0.1) is 0 Å². The van der Waals surface area contributed by atoms with E-state index in [1.165, 1.54) is 10.7 Å². The van der Waals surface area contributed by atoms with Crippen molar-refractivity contribution in [3.63, 3.8) is 0 Å². The zero-order valence-corrected chi connectivity index (χ0v) is 10.1. The summed E-state index contributed by atoms with van der Waals surface area (Å²) in [5.74, 6) is 0. The number of anilines is 1. The Morgan fingerprint density at radius 2 is 1.90 bits per heavy atom. The number of nitrogens with two attached hydrogens (primary N) is 1. The van der Waals surface area contributed by atoms with Crippen LogP contribution in [0.5, 0.6) is 0 Å². The molecule has 1 heterocycles. The number of hydrogen-bond donors (Lipinski definition) is 1. The third kappa shape index (κ3) is 2.20. The second-order valence-electron chi connectivity index (χ2n) is 4.35. The van der Waals surface area contributed by atoms with Crippen LogP contribution < -0.4 is 5.73 Å². The van der Waals surface area contributed by atoms with Crippen LogP contribution in [-0.2, 0) is 6.18 Å². The molecule has 0 fully saturated rings. The summed E-state index contributed by atoms with van der Waals surface area (Å²) in [5, 5.41) is 4.84. The Bertz CT molecular complexity index is 775. The van der Waals surface area contributed by atoms with Crippen molar-refractivity contribution in [2.24, 2.45) is 0 Å². The van der Waals surface area contributed by atoms with Crippen LogP contribution in [0, 0.1) is 6.20 Å². The highest BCUT2D eigenvalue weighted by Gasteiger charge is 2.30. The third-order valence-corrected chi connectivity index (χ3v) is 2.87. The number of nitrogens with zero attached hydrogens (tertiary/aromatic N) is 2. The topological polar surface area (TPSA) is 43.8 Å². The van der Waals surface area contributed by atoms with E-state index in [9.17, 15) is 13.2 Å². The van der Waals surface area contributed by atoms with E-state index in [0.717, 1.165) is 12.1 Å². The van der Waals surface area contributed by atoms with Crippen LogP contribution in [0.15, 0.2) is 42.5 Å². The Balaban J connectivity index is 2.11. The van der Waals surface area contributed by atoms with E-state index in [-0.39, 0.29) is 0 Å². The highest BCUT2D eigenvalue weighted by molar-refractivity contribution is 5.81. The van der Waals surface area contributed by atoms with Gasteiger partial charge in [0.1, 0.15) is 6.20 Å². The number of hydrogen-bond acceptors (Lipinski definition) is 2. The standard InChI is InChI=1S/C14H9F3N3/c15-14(16,17)10-2-1-3-12(7-10)20-8-9-6-11(18)4-5-13(9)19-20/h1-7H,18H2. The summed E-state index contributed by atoms with van der Waals surface area (Å²) in [6.45, 7) is 0. The van der Waals surface area contributed by atoms with E-state index in [1.807, 2.05) is 0 Å². The van der Waals surface area contributed by atoms with E-state index in [0.29, 0.717) is 22.3 Å². The maximum Gasteiger partial charge on any atom is 0.416 e. The Morgan fingerprint density at radius 1 is 1.10 bits per heavy atom. The summed E-state index contributed by atoms with van der Waals surface area (Å²) in [5.41, 5.74) is 6.40. The molecule has 0 saturated heterocycles. The normalized spacial score (nSPS) is 11.9. The van der Waals surface area contributed by atoms with Crippen LogP contribution in [0.25, 0.3) is 16.6 Å². The zero-order valence-electron chi connectivity index (χ0n) is 10.1. The van der Waals surface area contributed by atoms with Crippen LogP contribution in [-0.4, -0.2) is 9.78 Å². The minimum atomic E-state index is -4.38. The largest absolute Gasteiger partial charge is 0.416 e. The molecule has 0 aliphatic carbocycles. The lowest BCUT2D eigenvalue weighted by Crippen LogP contribution is -2.06. The molecule has 0 amide bonds. The van der Waals surface area contributed by atoms with Gasteiger partial charge in [0.25, 0.3) is 0 Å². The molecule has 2 aromatic carbocycles. The van der Waals surface area contributed by atoms with Gasteiger partial charge in [-0.3, -0.25) is 0 Å². The van der Waals surface area contributed by atoms with Crippen LogP contribution in [0.2, 0.25) is 0 Å². The van der Waals surface area contributed by atoms with Crippen molar-refractivity contribution in [3.8, 4) is 5.69 Å². The summed E-state index contributed by atoms with van der Waals surface area (Å²) in [6.07, 6.45) is -1.49. The predicted octanol–water partition coefficient (Wildman–Crippen LogP) is 3.43. The van der Waals surface area contributed by atoms with Crippen LogP contribution in [0.1, 0.15) is 5.56 Å². The first-order valence-corrected chi connectivity index (χ1v) is 5.79. The van der Waals surface area contributed by atoms with Gasteiger partial charge in [-0.2, -0.15) is 18.3 Å².